The van der Waals surface area contributed by atoms with Crippen LogP contribution in [0.4, 0.5) is 4.79 Å². The van der Waals surface area contributed by atoms with Crippen LogP contribution in [0.1, 0.15) is 45.1 Å². The Labute approximate surface area is 183 Å². The second-order valence-corrected chi connectivity index (χ2v) is 8.33. The van der Waals surface area contributed by atoms with Crippen LogP contribution in [0.5, 0.6) is 0 Å². The molecule has 0 saturated heterocycles. The van der Waals surface area contributed by atoms with Gasteiger partial charge >= 0.3 is 6.09 Å². The summed E-state index contributed by atoms with van der Waals surface area (Å²) in [7, 11) is 0. The van der Waals surface area contributed by atoms with Gasteiger partial charge in [0.05, 0.1) is 12.3 Å². The van der Waals surface area contributed by atoms with Gasteiger partial charge in [0.1, 0.15) is 5.01 Å². The molecule has 4 nitrogen and oxygen atoms in total. The van der Waals surface area contributed by atoms with Crippen LogP contribution < -0.4 is 5.32 Å². The van der Waals surface area contributed by atoms with Gasteiger partial charge in [-0.1, -0.05) is 87.7 Å². The van der Waals surface area contributed by atoms with Gasteiger partial charge in [-0.25, -0.2) is 9.78 Å². The van der Waals surface area contributed by atoms with E-state index in [0.29, 0.717) is 19.1 Å². The molecule has 0 saturated carbocycles. The Morgan fingerprint density at radius 3 is 2.53 bits per heavy atom. The zero-order valence-corrected chi connectivity index (χ0v) is 18.6. The normalized spacial score (nSPS) is 11.8. The number of unbranched alkanes of at least 4 members (excludes halogenated alkanes) is 1. The Morgan fingerprint density at radius 2 is 1.83 bits per heavy atom. The van der Waals surface area contributed by atoms with Gasteiger partial charge in [-0.3, -0.25) is 0 Å². The first-order chi connectivity index (χ1) is 14.7. The Balaban J connectivity index is 1.49. The molecule has 1 N–H and O–H groups in total. The van der Waals surface area contributed by atoms with Crippen LogP contribution in [-0.4, -0.2) is 17.7 Å². The van der Waals surface area contributed by atoms with Crippen LogP contribution in [0.3, 0.4) is 0 Å². The van der Waals surface area contributed by atoms with E-state index in [1.165, 1.54) is 12.8 Å². The number of carbonyl (C=O) groups excluding carboxylic acids is 1. The van der Waals surface area contributed by atoms with Crippen LogP contribution >= 0.6 is 11.3 Å². The quantitative estimate of drug-likeness (QED) is 0.386. The standard InChI is InChI=1S/C25H30N2O2S/c1-3-5-9-19(4-2)17-29-25(28)26-16-20-12-14-22(15-13-20)24-27-23(18-30-24)21-10-7-6-8-11-21/h6-8,10-15,18-19H,3-5,9,16-17H2,1-2H3,(H,26,28). The van der Waals surface area contributed by atoms with Crippen molar-refractivity contribution < 1.29 is 9.53 Å². The summed E-state index contributed by atoms with van der Waals surface area (Å²) >= 11 is 1.64. The van der Waals surface area contributed by atoms with E-state index in [2.05, 4.69) is 36.7 Å². The topological polar surface area (TPSA) is 51.2 Å². The molecule has 158 valence electrons. The minimum absolute atomic E-state index is 0.346. The van der Waals surface area contributed by atoms with E-state index in [9.17, 15) is 4.79 Å². The first-order valence-corrected chi connectivity index (χ1v) is 11.6. The molecular weight excluding hydrogens is 392 g/mol. The predicted octanol–water partition coefficient (Wildman–Crippen LogP) is 6.92. The highest BCUT2D eigenvalue weighted by molar-refractivity contribution is 7.13. The molecule has 3 rings (SSSR count). The number of hydrogen-bond donors (Lipinski definition) is 1. The molecule has 0 spiro atoms. The molecule has 1 heterocycles. The zero-order valence-electron chi connectivity index (χ0n) is 17.8. The van der Waals surface area contributed by atoms with Crippen molar-refractivity contribution in [3.05, 3.63) is 65.5 Å². The van der Waals surface area contributed by atoms with Crippen molar-refractivity contribution in [1.82, 2.24) is 10.3 Å². The summed E-state index contributed by atoms with van der Waals surface area (Å²) in [6.45, 7) is 5.28. The monoisotopic (exact) mass is 422 g/mol. The number of aromatic nitrogens is 1. The molecule has 0 radical (unpaired) electrons. The molecule has 1 atom stereocenters. The summed E-state index contributed by atoms with van der Waals surface area (Å²) in [6.07, 6.45) is 4.17. The van der Waals surface area contributed by atoms with Crippen molar-refractivity contribution in [2.75, 3.05) is 6.61 Å². The summed E-state index contributed by atoms with van der Waals surface area (Å²) in [5, 5.41) is 5.92. The van der Waals surface area contributed by atoms with Crippen molar-refractivity contribution in [3.63, 3.8) is 0 Å². The number of thiazole rings is 1. The van der Waals surface area contributed by atoms with Crippen LogP contribution in [0.25, 0.3) is 21.8 Å². The van der Waals surface area contributed by atoms with E-state index < -0.39 is 0 Å². The summed E-state index contributed by atoms with van der Waals surface area (Å²) in [5.41, 5.74) is 4.23. The number of benzene rings is 2. The van der Waals surface area contributed by atoms with Crippen molar-refractivity contribution in [1.29, 1.82) is 0 Å². The molecular formula is C25H30N2O2S. The summed E-state index contributed by atoms with van der Waals surface area (Å²) < 4.78 is 5.39. The van der Waals surface area contributed by atoms with Gasteiger partial charge in [0, 0.05) is 23.1 Å². The third kappa shape index (κ3) is 6.42. The predicted molar refractivity (Wildman–Crippen MR) is 124 cm³/mol. The van der Waals surface area contributed by atoms with Gasteiger partial charge in [0.2, 0.25) is 0 Å². The molecule has 1 amide bonds. The molecule has 5 heteroatoms. The molecule has 0 fully saturated rings. The van der Waals surface area contributed by atoms with E-state index in [-0.39, 0.29) is 6.09 Å². The number of rotatable bonds is 10. The number of nitrogens with one attached hydrogen (secondary N) is 1. The summed E-state index contributed by atoms with van der Waals surface area (Å²) in [6, 6.07) is 18.3. The fourth-order valence-electron chi connectivity index (χ4n) is 3.23. The minimum Gasteiger partial charge on any atom is -0.449 e. The van der Waals surface area contributed by atoms with Gasteiger partial charge in [-0.2, -0.15) is 0 Å². The first kappa shape index (κ1) is 22.0. The fraction of sp³-hybridized carbons (Fsp3) is 0.360. The smallest absolute Gasteiger partial charge is 0.407 e. The maximum atomic E-state index is 12.0. The SMILES string of the molecule is CCCCC(CC)COC(=O)NCc1ccc(-c2nc(-c3ccccc3)cs2)cc1. The van der Waals surface area contributed by atoms with Gasteiger partial charge in [0.15, 0.2) is 0 Å². The largest absolute Gasteiger partial charge is 0.449 e. The Morgan fingerprint density at radius 1 is 1.07 bits per heavy atom. The highest BCUT2D eigenvalue weighted by Crippen LogP contribution is 2.28. The van der Waals surface area contributed by atoms with Gasteiger partial charge in [0.25, 0.3) is 0 Å². The van der Waals surface area contributed by atoms with Crippen LogP contribution in [0, 0.1) is 5.92 Å². The van der Waals surface area contributed by atoms with Crippen molar-refractivity contribution >= 4 is 17.4 Å². The lowest BCUT2D eigenvalue weighted by atomic mass is 10.0. The lowest BCUT2D eigenvalue weighted by Gasteiger charge is -2.15. The van der Waals surface area contributed by atoms with Crippen LogP contribution in [0.15, 0.2) is 60.0 Å². The molecule has 1 aromatic heterocycles. The van der Waals surface area contributed by atoms with Gasteiger partial charge < -0.3 is 10.1 Å². The van der Waals surface area contributed by atoms with Crippen molar-refractivity contribution in [3.8, 4) is 21.8 Å². The van der Waals surface area contributed by atoms with E-state index >= 15 is 0 Å². The first-order valence-electron chi connectivity index (χ1n) is 10.7. The Hall–Kier alpha value is -2.66. The molecule has 0 bridgehead atoms. The molecule has 0 aliphatic carbocycles. The average Bonchev–Trinajstić information content (AvgIpc) is 3.29. The number of amides is 1. The molecule has 30 heavy (non-hydrogen) atoms. The van der Waals surface area contributed by atoms with Gasteiger partial charge in [-0.05, 0) is 17.9 Å². The number of carbonyl (C=O) groups is 1. The lowest BCUT2D eigenvalue weighted by molar-refractivity contribution is 0.122. The number of alkyl carbamates (subject to hydrolysis) is 1. The Kier molecular flexibility index (Phi) is 8.45. The third-order valence-corrected chi connectivity index (χ3v) is 6.10. The molecule has 2 aromatic carbocycles. The Bertz CT molecular complexity index is 906. The molecule has 1 unspecified atom stereocenters. The second-order valence-electron chi connectivity index (χ2n) is 7.47. The highest BCUT2D eigenvalue weighted by Gasteiger charge is 2.10. The van der Waals surface area contributed by atoms with E-state index in [0.717, 1.165) is 40.2 Å². The number of ether oxygens (including phenoxy) is 1. The zero-order chi connectivity index (χ0) is 21.2. The minimum atomic E-state index is -0.346. The van der Waals surface area contributed by atoms with E-state index in [1.54, 1.807) is 11.3 Å². The maximum Gasteiger partial charge on any atom is 0.407 e. The number of hydrogen-bond acceptors (Lipinski definition) is 4. The highest BCUT2D eigenvalue weighted by atomic mass is 32.1. The molecule has 0 aliphatic rings. The molecule has 3 aromatic rings. The third-order valence-electron chi connectivity index (χ3n) is 5.20. The lowest BCUT2D eigenvalue weighted by Crippen LogP contribution is -2.26. The van der Waals surface area contributed by atoms with Crippen LogP contribution in [-0.2, 0) is 11.3 Å². The van der Waals surface area contributed by atoms with E-state index in [1.807, 2.05) is 42.5 Å². The summed E-state index contributed by atoms with van der Waals surface area (Å²) in [4.78, 5) is 16.7. The van der Waals surface area contributed by atoms with E-state index in [4.69, 9.17) is 9.72 Å². The molecule has 0 aliphatic heterocycles. The van der Waals surface area contributed by atoms with Crippen molar-refractivity contribution in [2.45, 2.75) is 46.1 Å². The second kappa shape index (κ2) is 11.5. The fourth-order valence-corrected chi connectivity index (χ4v) is 4.07. The average molecular weight is 423 g/mol. The van der Waals surface area contributed by atoms with Gasteiger partial charge in [-0.15, -0.1) is 11.3 Å². The van der Waals surface area contributed by atoms with Crippen molar-refractivity contribution in [2.24, 2.45) is 5.92 Å². The van der Waals surface area contributed by atoms with Crippen LogP contribution in [0.2, 0.25) is 0 Å². The summed E-state index contributed by atoms with van der Waals surface area (Å²) in [5.74, 6) is 0.453. The number of nitrogens with zero attached hydrogens (tertiary/aromatic N) is 1. The maximum absolute atomic E-state index is 12.0.